The Morgan fingerprint density at radius 3 is 2.65 bits per heavy atom. The molecule has 0 aromatic heterocycles. The summed E-state index contributed by atoms with van der Waals surface area (Å²) in [6.07, 6.45) is 3.29. The molecule has 2 rings (SSSR count). The summed E-state index contributed by atoms with van der Waals surface area (Å²) in [5.74, 6) is 1.89. The van der Waals surface area contributed by atoms with Crippen molar-refractivity contribution in [3.05, 3.63) is 29.3 Å². The minimum absolute atomic E-state index is 0.219. The number of ketones is 1. The van der Waals surface area contributed by atoms with E-state index in [4.69, 9.17) is 4.74 Å². The third kappa shape index (κ3) is 3.60. The Bertz CT molecular complexity index is 462. The van der Waals surface area contributed by atoms with Crippen molar-refractivity contribution in [3.63, 3.8) is 0 Å². The van der Waals surface area contributed by atoms with Crippen molar-refractivity contribution in [2.75, 3.05) is 26.7 Å². The first kappa shape index (κ1) is 15.0. The summed E-state index contributed by atoms with van der Waals surface area (Å²) < 4.78 is 5.31. The zero-order valence-electron chi connectivity index (χ0n) is 12.8. The van der Waals surface area contributed by atoms with Gasteiger partial charge >= 0.3 is 0 Å². The number of likely N-dealkylation sites (tertiary alicyclic amines) is 1. The Labute approximate surface area is 121 Å². The summed E-state index contributed by atoms with van der Waals surface area (Å²) in [5, 5.41) is 0. The Kier molecular flexibility index (Phi) is 5.18. The highest BCUT2D eigenvalue weighted by Gasteiger charge is 2.19. The zero-order valence-corrected chi connectivity index (χ0v) is 12.8. The molecule has 1 heterocycles. The average molecular weight is 275 g/mol. The van der Waals surface area contributed by atoms with Crippen molar-refractivity contribution in [2.45, 2.75) is 33.1 Å². The highest BCUT2D eigenvalue weighted by atomic mass is 16.5. The molecule has 0 aliphatic carbocycles. The summed E-state index contributed by atoms with van der Waals surface area (Å²) in [4.78, 5) is 14.7. The van der Waals surface area contributed by atoms with Gasteiger partial charge in [0, 0.05) is 5.56 Å². The SMILES string of the molecule is CCc1cc(C(=O)CN2CCC(C)CC2)ccc1OC. The molecule has 0 unspecified atom stereocenters. The van der Waals surface area contributed by atoms with Gasteiger partial charge in [-0.25, -0.2) is 0 Å². The van der Waals surface area contributed by atoms with E-state index in [0.29, 0.717) is 6.54 Å². The first-order chi connectivity index (χ1) is 9.63. The fourth-order valence-electron chi connectivity index (χ4n) is 2.74. The number of nitrogens with zero attached hydrogens (tertiary/aromatic N) is 1. The van der Waals surface area contributed by atoms with Crippen LogP contribution in [0.2, 0.25) is 0 Å². The maximum Gasteiger partial charge on any atom is 0.176 e. The van der Waals surface area contributed by atoms with E-state index in [1.807, 2.05) is 18.2 Å². The molecular formula is C17H25NO2. The molecule has 20 heavy (non-hydrogen) atoms. The summed E-state index contributed by atoms with van der Waals surface area (Å²) in [6.45, 7) is 7.00. The van der Waals surface area contributed by atoms with E-state index in [2.05, 4.69) is 18.7 Å². The molecule has 0 spiro atoms. The van der Waals surface area contributed by atoms with Gasteiger partial charge in [0.25, 0.3) is 0 Å². The van der Waals surface area contributed by atoms with Crippen LogP contribution in [0.4, 0.5) is 0 Å². The molecule has 1 aromatic rings. The number of hydrogen-bond donors (Lipinski definition) is 0. The lowest BCUT2D eigenvalue weighted by Crippen LogP contribution is -2.36. The van der Waals surface area contributed by atoms with E-state index in [9.17, 15) is 4.79 Å². The number of aryl methyl sites for hydroxylation is 1. The largest absolute Gasteiger partial charge is 0.496 e. The Morgan fingerprint density at radius 1 is 1.35 bits per heavy atom. The van der Waals surface area contributed by atoms with Crippen molar-refractivity contribution in [1.29, 1.82) is 0 Å². The van der Waals surface area contributed by atoms with Crippen LogP contribution < -0.4 is 4.74 Å². The molecule has 0 N–H and O–H groups in total. The molecule has 3 heteroatoms. The molecule has 0 bridgehead atoms. The smallest absolute Gasteiger partial charge is 0.176 e. The van der Waals surface area contributed by atoms with Gasteiger partial charge in [-0.3, -0.25) is 9.69 Å². The van der Waals surface area contributed by atoms with E-state index >= 15 is 0 Å². The lowest BCUT2D eigenvalue weighted by molar-refractivity contribution is 0.0899. The summed E-state index contributed by atoms with van der Waals surface area (Å²) in [5.41, 5.74) is 1.91. The third-order valence-corrected chi connectivity index (χ3v) is 4.23. The highest BCUT2D eigenvalue weighted by Crippen LogP contribution is 2.21. The average Bonchev–Trinajstić information content (AvgIpc) is 2.48. The van der Waals surface area contributed by atoms with Crippen LogP contribution >= 0.6 is 0 Å². The molecule has 1 aromatic carbocycles. The zero-order chi connectivity index (χ0) is 14.5. The molecule has 110 valence electrons. The fraction of sp³-hybridized carbons (Fsp3) is 0.588. The van der Waals surface area contributed by atoms with Crippen molar-refractivity contribution in [3.8, 4) is 5.75 Å². The van der Waals surface area contributed by atoms with E-state index in [1.54, 1.807) is 7.11 Å². The normalized spacial score (nSPS) is 17.1. The minimum Gasteiger partial charge on any atom is -0.496 e. The number of carbonyl (C=O) groups is 1. The van der Waals surface area contributed by atoms with E-state index in [-0.39, 0.29) is 5.78 Å². The molecular weight excluding hydrogens is 250 g/mol. The first-order valence-electron chi connectivity index (χ1n) is 7.56. The first-order valence-corrected chi connectivity index (χ1v) is 7.56. The van der Waals surface area contributed by atoms with Crippen LogP contribution in [-0.2, 0) is 6.42 Å². The van der Waals surface area contributed by atoms with Crippen LogP contribution in [0.1, 0.15) is 42.6 Å². The minimum atomic E-state index is 0.219. The van der Waals surface area contributed by atoms with Gasteiger partial charge in [-0.05, 0) is 62.0 Å². The van der Waals surface area contributed by atoms with Crippen molar-refractivity contribution in [1.82, 2.24) is 4.90 Å². The number of hydrogen-bond acceptors (Lipinski definition) is 3. The number of rotatable bonds is 5. The second-order valence-corrected chi connectivity index (χ2v) is 5.76. The summed E-state index contributed by atoms with van der Waals surface area (Å²) >= 11 is 0. The molecule has 1 saturated heterocycles. The van der Waals surface area contributed by atoms with Crippen LogP contribution in [0.25, 0.3) is 0 Å². The van der Waals surface area contributed by atoms with Gasteiger partial charge in [0.1, 0.15) is 5.75 Å². The molecule has 1 aliphatic heterocycles. The van der Waals surface area contributed by atoms with Crippen LogP contribution in [0.15, 0.2) is 18.2 Å². The maximum atomic E-state index is 12.4. The van der Waals surface area contributed by atoms with E-state index in [1.165, 1.54) is 12.8 Å². The molecule has 0 saturated carbocycles. The van der Waals surface area contributed by atoms with Crippen LogP contribution in [0, 0.1) is 5.92 Å². The standard InChI is InChI=1S/C17H25NO2/c1-4-14-11-15(5-6-17(14)20-3)16(19)12-18-9-7-13(2)8-10-18/h5-6,11,13H,4,7-10,12H2,1-3H3. The number of carbonyl (C=O) groups excluding carboxylic acids is 1. The summed E-state index contributed by atoms with van der Waals surface area (Å²) in [7, 11) is 1.67. The van der Waals surface area contributed by atoms with Crippen molar-refractivity contribution >= 4 is 5.78 Å². The lowest BCUT2D eigenvalue weighted by Gasteiger charge is -2.29. The van der Waals surface area contributed by atoms with Crippen LogP contribution in [0.5, 0.6) is 5.75 Å². The quantitative estimate of drug-likeness (QED) is 0.773. The predicted molar refractivity (Wildman–Crippen MR) is 81.5 cm³/mol. The number of ether oxygens (including phenoxy) is 1. The predicted octanol–water partition coefficient (Wildman–Crippen LogP) is 3.17. The second-order valence-electron chi connectivity index (χ2n) is 5.76. The number of piperidine rings is 1. The number of benzene rings is 1. The van der Waals surface area contributed by atoms with Gasteiger partial charge in [0.05, 0.1) is 13.7 Å². The lowest BCUT2D eigenvalue weighted by atomic mass is 9.98. The highest BCUT2D eigenvalue weighted by molar-refractivity contribution is 5.98. The van der Waals surface area contributed by atoms with Gasteiger partial charge in [0.15, 0.2) is 5.78 Å². The second kappa shape index (κ2) is 6.89. The fourth-order valence-corrected chi connectivity index (χ4v) is 2.74. The van der Waals surface area contributed by atoms with Gasteiger partial charge in [-0.1, -0.05) is 13.8 Å². The van der Waals surface area contributed by atoms with Gasteiger partial charge < -0.3 is 4.74 Å². The van der Waals surface area contributed by atoms with Crippen LogP contribution in [-0.4, -0.2) is 37.4 Å². The Hall–Kier alpha value is -1.35. The van der Waals surface area contributed by atoms with Gasteiger partial charge in [-0.2, -0.15) is 0 Å². The Balaban J connectivity index is 2.02. The Morgan fingerprint density at radius 2 is 2.05 bits per heavy atom. The van der Waals surface area contributed by atoms with E-state index < -0.39 is 0 Å². The van der Waals surface area contributed by atoms with Gasteiger partial charge in [0.2, 0.25) is 0 Å². The van der Waals surface area contributed by atoms with Gasteiger partial charge in [-0.15, -0.1) is 0 Å². The van der Waals surface area contributed by atoms with Crippen molar-refractivity contribution in [2.24, 2.45) is 5.92 Å². The third-order valence-electron chi connectivity index (χ3n) is 4.23. The molecule has 1 aliphatic rings. The number of Topliss-reactive ketones (excluding diaryl/α,β-unsaturated/α-hetero) is 1. The monoisotopic (exact) mass is 275 g/mol. The molecule has 1 fully saturated rings. The van der Waals surface area contributed by atoms with Crippen molar-refractivity contribution < 1.29 is 9.53 Å². The summed E-state index contributed by atoms with van der Waals surface area (Å²) in [6, 6.07) is 5.77. The molecule has 0 atom stereocenters. The van der Waals surface area contributed by atoms with Crippen LogP contribution in [0.3, 0.4) is 0 Å². The molecule has 3 nitrogen and oxygen atoms in total. The molecule has 0 radical (unpaired) electrons. The maximum absolute atomic E-state index is 12.4. The number of methoxy groups -OCH3 is 1. The van der Waals surface area contributed by atoms with E-state index in [0.717, 1.165) is 42.3 Å². The topological polar surface area (TPSA) is 29.5 Å². The molecule has 0 amide bonds.